The van der Waals surface area contributed by atoms with Crippen LogP contribution in [0, 0.1) is 11.8 Å². The SMILES string of the molecule is CCC1CCCC1.CCC1CCCCC1.CCc1ccc2ccccc2c1. The van der Waals surface area contributed by atoms with Gasteiger partial charge in [-0.05, 0) is 34.6 Å². The Morgan fingerprint density at radius 1 is 0.630 bits per heavy atom. The van der Waals surface area contributed by atoms with E-state index in [1.807, 2.05) is 0 Å². The Morgan fingerprint density at radius 2 is 1.15 bits per heavy atom. The maximum absolute atomic E-state index is 2.32. The van der Waals surface area contributed by atoms with Gasteiger partial charge in [0.25, 0.3) is 0 Å². The summed E-state index contributed by atoms with van der Waals surface area (Å²) in [5.41, 5.74) is 1.41. The molecule has 0 unspecified atom stereocenters. The highest BCUT2D eigenvalue weighted by atomic mass is 14.2. The third-order valence-corrected chi connectivity index (χ3v) is 6.58. The maximum Gasteiger partial charge on any atom is -0.0181 e. The summed E-state index contributed by atoms with van der Waals surface area (Å²) in [7, 11) is 0. The molecule has 2 fully saturated rings. The van der Waals surface area contributed by atoms with Crippen molar-refractivity contribution in [3.8, 4) is 0 Å². The molecule has 0 heteroatoms. The standard InChI is InChI=1S/C12H12.C8H16.C7H14/c1-2-10-7-8-11-5-3-4-6-12(11)9-10;1-2-8-6-4-3-5-7-8;1-2-7-5-3-4-6-7/h3-9H,2H2,1H3;8H,2-7H2,1H3;7H,2-6H2,1H3. The number of rotatable bonds is 3. The highest BCUT2D eigenvalue weighted by molar-refractivity contribution is 5.82. The number of aryl methyl sites for hydroxylation is 1. The smallest absolute Gasteiger partial charge is 0.0181 e. The fraction of sp³-hybridized carbons (Fsp3) is 0.630. The minimum Gasteiger partial charge on any atom is -0.0651 e. The number of benzene rings is 2. The van der Waals surface area contributed by atoms with Crippen LogP contribution in [0.25, 0.3) is 10.8 Å². The summed E-state index contributed by atoms with van der Waals surface area (Å²) in [5.74, 6) is 2.18. The first-order chi connectivity index (χ1) is 13.3. The lowest BCUT2D eigenvalue weighted by Gasteiger charge is -2.18. The molecule has 0 bridgehead atoms. The lowest BCUT2D eigenvalue weighted by Crippen LogP contribution is -2.03. The number of fused-ring (bicyclic) bond motifs is 1. The Kier molecular flexibility index (Phi) is 10.6. The van der Waals surface area contributed by atoms with Gasteiger partial charge in [-0.3, -0.25) is 0 Å². The molecule has 150 valence electrons. The van der Waals surface area contributed by atoms with Gasteiger partial charge in [-0.2, -0.15) is 0 Å². The van der Waals surface area contributed by atoms with E-state index in [-0.39, 0.29) is 0 Å². The van der Waals surface area contributed by atoms with Crippen LogP contribution in [0.4, 0.5) is 0 Å². The Balaban J connectivity index is 0.000000153. The van der Waals surface area contributed by atoms with Crippen LogP contribution < -0.4 is 0 Å². The van der Waals surface area contributed by atoms with Crippen LogP contribution in [0.2, 0.25) is 0 Å². The van der Waals surface area contributed by atoms with Gasteiger partial charge >= 0.3 is 0 Å². The zero-order chi connectivity index (χ0) is 19.3. The van der Waals surface area contributed by atoms with Crippen molar-refractivity contribution in [2.45, 2.75) is 97.8 Å². The molecule has 2 aromatic rings. The molecule has 0 atom stereocenters. The Hall–Kier alpha value is -1.30. The zero-order valence-electron chi connectivity index (χ0n) is 18.2. The average Bonchev–Trinajstić information content (AvgIpc) is 3.29. The number of hydrogen-bond donors (Lipinski definition) is 0. The van der Waals surface area contributed by atoms with Crippen LogP contribution in [0.1, 0.15) is 97.0 Å². The molecule has 0 nitrogen and oxygen atoms in total. The third-order valence-electron chi connectivity index (χ3n) is 6.58. The van der Waals surface area contributed by atoms with Gasteiger partial charge in [0.2, 0.25) is 0 Å². The minimum atomic E-state index is 1.09. The molecule has 0 amide bonds. The largest absolute Gasteiger partial charge is 0.0651 e. The van der Waals surface area contributed by atoms with Crippen LogP contribution >= 0.6 is 0 Å². The van der Waals surface area contributed by atoms with E-state index in [1.54, 1.807) is 0 Å². The number of hydrogen-bond acceptors (Lipinski definition) is 0. The second-order valence-corrected chi connectivity index (χ2v) is 8.51. The minimum absolute atomic E-state index is 1.09. The summed E-state index contributed by atoms with van der Waals surface area (Å²) in [6.07, 6.45) is 17.5. The van der Waals surface area contributed by atoms with E-state index in [4.69, 9.17) is 0 Å². The first kappa shape index (κ1) is 22.0. The molecule has 0 aromatic heterocycles. The monoisotopic (exact) mass is 366 g/mol. The molecule has 0 saturated heterocycles. The van der Waals surface area contributed by atoms with Gasteiger partial charge < -0.3 is 0 Å². The van der Waals surface area contributed by atoms with Crippen LogP contribution in [-0.2, 0) is 6.42 Å². The van der Waals surface area contributed by atoms with Crippen LogP contribution in [-0.4, -0.2) is 0 Å². The summed E-state index contributed by atoms with van der Waals surface area (Å²) in [5, 5.41) is 2.67. The molecule has 27 heavy (non-hydrogen) atoms. The molecule has 2 aliphatic rings. The Labute approximate surface area is 168 Å². The van der Waals surface area contributed by atoms with E-state index in [9.17, 15) is 0 Å². The molecule has 2 saturated carbocycles. The van der Waals surface area contributed by atoms with Gasteiger partial charge in [-0.1, -0.05) is 134 Å². The summed E-state index contributed by atoms with van der Waals surface area (Å²) in [4.78, 5) is 0. The fourth-order valence-electron chi connectivity index (χ4n) is 4.47. The Bertz CT molecular complexity index is 615. The van der Waals surface area contributed by atoms with E-state index >= 15 is 0 Å². The summed E-state index contributed by atoms with van der Waals surface area (Å²) >= 11 is 0. The van der Waals surface area contributed by atoms with Crippen molar-refractivity contribution >= 4 is 10.8 Å². The van der Waals surface area contributed by atoms with E-state index in [2.05, 4.69) is 63.2 Å². The zero-order valence-corrected chi connectivity index (χ0v) is 18.2. The van der Waals surface area contributed by atoms with Gasteiger partial charge in [0.15, 0.2) is 0 Å². The summed E-state index contributed by atoms with van der Waals surface area (Å²) in [6, 6.07) is 15.1. The van der Waals surface area contributed by atoms with Gasteiger partial charge in [0.1, 0.15) is 0 Å². The highest BCUT2D eigenvalue weighted by Crippen LogP contribution is 2.26. The molecule has 0 N–H and O–H groups in total. The lowest BCUT2D eigenvalue weighted by molar-refractivity contribution is 0.349. The predicted octanol–water partition coefficient (Wildman–Crippen LogP) is 8.97. The van der Waals surface area contributed by atoms with E-state index in [0.29, 0.717) is 0 Å². The van der Waals surface area contributed by atoms with Crippen molar-refractivity contribution in [1.29, 1.82) is 0 Å². The molecule has 0 aliphatic heterocycles. The first-order valence-corrected chi connectivity index (χ1v) is 11.7. The van der Waals surface area contributed by atoms with Gasteiger partial charge in [-0.25, -0.2) is 0 Å². The Morgan fingerprint density at radius 3 is 1.63 bits per heavy atom. The second kappa shape index (κ2) is 13.0. The molecule has 2 aliphatic carbocycles. The van der Waals surface area contributed by atoms with Gasteiger partial charge in [0, 0.05) is 0 Å². The first-order valence-electron chi connectivity index (χ1n) is 11.7. The van der Waals surface area contributed by atoms with Crippen molar-refractivity contribution in [3.05, 3.63) is 48.0 Å². The molecule has 0 heterocycles. The van der Waals surface area contributed by atoms with Crippen LogP contribution in [0.5, 0.6) is 0 Å². The second-order valence-electron chi connectivity index (χ2n) is 8.51. The predicted molar refractivity (Wildman–Crippen MR) is 122 cm³/mol. The van der Waals surface area contributed by atoms with E-state index in [1.165, 1.54) is 87.0 Å². The normalized spacial score (nSPS) is 17.7. The quantitative estimate of drug-likeness (QED) is 0.508. The van der Waals surface area contributed by atoms with Crippen LogP contribution in [0.15, 0.2) is 42.5 Å². The van der Waals surface area contributed by atoms with Gasteiger partial charge in [0.05, 0.1) is 0 Å². The van der Waals surface area contributed by atoms with E-state index < -0.39 is 0 Å². The van der Waals surface area contributed by atoms with Crippen molar-refractivity contribution in [3.63, 3.8) is 0 Å². The average molecular weight is 367 g/mol. The molecule has 0 spiro atoms. The summed E-state index contributed by atoms with van der Waals surface area (Å²) in [6.45, 7) is 6.80. The van der Waals surface area contributed by atoms with E-state index in [0.717, 1.165) is 18.3 Å². The molecule has 4 rings (SSSR count). The van der Waals surface area contributed by atoms with Crippen molar-refractivity contribution < 1.29 is 0 Å². The maximum atomic E-state index is 2.32. The third kappa shape index (κ3) is 8.08. The fourth-order valence-corrected chi connectivity index (χ4v) is 4.47. The van der Waals surface area contributed by atoms with Crippen molar-refractivity contribution in [2.75, 3.05) is 0 Å². The molecular weight excluding hydrogens is 324 g/mol. The molecule has 2 aromatic carbocycles. The molecular formula is C27H42. The van der Waals surface area contributed by atoms with Crippen LogP contribution in [0.3, 0.4) is 0 Å². The lowest BCUT2D eigenvalue weighted by atomic mass is 9.88. The summed E-state index contributed by atoms with van der Waals surface area (Å²) < 4.78 is 0. The highest BCUT2D eigenvalue weighted by Gasteiger charge is 2.11. The molecule has 0 radical (unpaired) electrons. The van der Waals surface area contributed by atoms with Crippen molar-refractivity contribution in [2.24, 2.45) is 11.8 Å². The van der Waals surface area contributed by atoms with Crippen molar-refractivity contribution in [1.82, 2.24) is 0 Å². The van der Waals surface area contributed by atoms with Gasteiger partial charge in [-0.15, -0.1) is 0 Å². The topological polar surface area (TPSA) is 0 Å².